The van der Waals surface area contributed by atoms with Crippen LogP contribution in [0.15, 0.2) is 48.5 Å². The molecular formula is C21H17ClN4O3. The van der Waals surface area contributed by atoms with E-state index in [0.717, 1.165) is 5.69 Å². The van der Waals surface area contributed by atoms with Crippen molar-refractivity contribution in [2.24, 2.45) is 0 Å². The molecule has 0 saturated carbocycles. The van der Waals surface area contributed by atoms with E-state index in [4.69, 9.17) is 21.6 Å². The number of halogens is 1. The maximum Gasteiger partial charge on any atom is 0.342 e. The molecule has 0 aliphatic heterocycles. The molecule has 0 fully saturated rings. The number of para-hydroxylation sites is 1. The van der Waals surface area contributed by atoms with Crippen LogP contribution in [0.5, 0.6) is 0 Å². The number of hydrogen-bond donors (Lipinski definition) is 1. The number of rotatable bonds is 5. The van der Waals surface area contributed by atoms with Crippen LogP contribution >= 0.6 is 11.6 Å². The molecule has 1 heterocycles. The van der Waals surface area contributed by atoms with Crippen LogP contribution < -0.4 is 5.32 Å². The van der Waals surface area contributed by atoms with Gasteiger partial charge in [-0.25, -0.2) is 9.48 Å². The third kappa shape index (κ3) is 4.45. The van der Waals surface area contributed by atoms with Gasteiger partial charge in [0.15, 0.2) is 6.61 Å². The highest BCUT2D eigenvalue weighted by Crippen LogP contribution is 2.21. The molecule has 3 rings (SSSR count). The van der Waals surface area contributed by atoms with E-state index in [1.54, 1.807) is 24.6 Å². The van der Waals surface area contributed by atoms with Crippen LogP contribution in [0.3, 0.4) is 0 Å². The predicted molar refractivity (Wildman–Crippen MR) is 108 cm³/mol. The standard InChI is InChI=1S/C21H17ClN4O3/c1-13-20(14(2)26(25-13)17-6-4-3-5-7-17)21(28)29-12-19(27)24-18-10-16(22)9-8-15(18)11-23/h3-10H,12H2,1-2H3,(H,24,27). The number of carbonyl (C=O) groups is 2. The van der Waals surface area contributed by atoms with Gasteiger partial charge in [-0.2, -0.15) is 10.4 Å². The second-order valence-electron chi connectivity index (χ2n) is 6.22. The first-order valence-electron chi connectivity index (χ1n) is 8.69. The van der Waals surface area contributed by atoms with Gasteiger partial charge in [-0.1, -0.05) is 29.8 Å². The Morgan fingerprint density at radius 3 is 2.62 bits per heavy atom. The van der Waals surface area contributed by atoms with Gasteiger partial charge in [0, 0.05) is 5.02 Å². The summed E-state index contributed by atoms with van der Waals surface area (Å²) in [6.45, 7) is 2.95. The van der Waals surface area contributed by atoms with E-state index in [2.05, 4.69) is 10.4 Å². The summed E-state index contributed by atoms with van der Waals surface area (Å²) in [6.07, 6.45) is 0. The van der Waals surface area contributed by atoms with E-state index < -0.39 is 18.5 Å². The molecule has 0 saturated heterocycles. The van der Waals surface area contributed by atoms with Gasteiger partial charge in [-0.15, -0.1) is 0 Å². The van der Waals surface area contributed by atoms with Crippen LogP contribution in [-0.2, 0) is 9.53 Å². The Labute approximate surface area is 172 Å². The fraction of sp³-hybridized carbons (Fsp3) is 0.143. The van der Waals surface area contributed by atoms with Gasteiger partial charge in [-0.3, -0.25) is 4.79 Å². The van der Waals surface area contributed by atoms with Crippen molar-refractivity contribution in [1.82, 2.24) is 9.78 Å². The molecule has 29 heavy (non-hydrogen) atoms. The van der Waals surface area contributed by atoms with Crippen molar-refractivity contribution < 1.29 is 14.3 Å². The highest BCUT2D eigenvalue weighted by molar-refractivity contribution is 6.31. The van der Waals surface area contributed by atoms with Crippen LogP contribution in [0.2, 0.25) is 5.02 Å². The zero-order chi connectivity index (χ0) is 21.0. The average molecular weight is 409 g/mol. The van der Waals surface area contributed by atoms with Crippen LogP contribution in [0.25, 0.3) is 5.69 Å². The Balaban J connectivity index is 1.70. The molecule has 0 unspecified atom stereocenters. The third-order valence-corrected chi connectivity index (χ3v) is 4.44. The number of aryl methyl sites for hydroxylation is 1. The summed E-state index contributed by atoms with van der Waals surface area (Å²) in [5, 5.41) is 16.4. The number of esters is 1. The zero-order valence-electron chi connectivity index (χ0n) is 15.8. The predicted octanol–water partition coefficient (Wildman–Crippen LogP) is 3.81. The van der Waals surface area contributed by atoms with Crippen molar-refractivity contribution in [3.05, 3.63) is 76.1 Å². The smallest absolute Gasteiger partial charge is 0.342 e. The molecule has 146 valence electrons. The summed E-state index contributed by atoms with van der Waals surface area (Å²) >= 11 is 5.90. The minimum absolute atomic E-state index is 0.255. The molecular weight excluding hydrogens is 392 g/mol. The van der Waals surface area contributed by atoms with Gasteiger partial charge in [0.1, 0.15) is 11.6 Å². The number of benzene rings is 2. The number of hydrogen-bond acceptors (Lipinski definition) is 5. The van der Waals surface area contributed by atoms with E-state index in [9.17, 15) is 9.59 Å². The van der Waals surface area contributed by atoms with E-state index in [1.807, 2.05) is 36.4 Å². The molecule has 0 aliphatic rings. The first kappa shape index (κ1) is 20.1. The molecule has 8 heteroatoms. The van der Waals surface area contributed by atoms with Crippen LogP contribution in [0.1, 0.15) is 27.3 Å². The molecule has 1 N–H and O–H groups in total. The fourth-order valence-electron chi connectivity index (χ4n) is 2.87. The van der Waals surface area contributed by atoms with Gasteiger partial charge in [0.25, 0.3) is 5.91 Å². The minimum atomic E-state index is -0.649. The number of anilines is 1. The number of ether oxygens (including phenoxy) is 1. The van der Waals surface area contributed by atoms with Crippen molar-refractivity contribution >= 4 is 29.2 Å². The SMILES string of the molecule is Cc1nn(-c2ccccc2)c(C)c1C(=O)OCC(=O)Nc1cc(Cl)ccc1C#N. The molecule has 1 aromatic heterocycles. The first-order valence-corrected chi connectivity index (χ1v) is 9.06. The first-order chi connectivity index (χ1) is 13.9. The number of aromatic nitrogens is 2. The van der Waals surface area contributed by atoms with Crippen LogP contribution in [0.4, 0.5) is 5.69 Å². The minimum Gasteiger partial charge on any atom is -0.452 e. The Hall–Kier alpha value is -3.63. The lowest BCUT2D eigenvalue weighted by Crippen LogP contribution is -2.22. The fourth-order valence-corrected chi connectivity index (χ4v) is 3.04. The maximum absolute atomic E-state index is 12.5. The van der Waals surface area contributed by atoms with Crippen molar-refractivity contribution in [1.29, 1.82) is 5.26 Å². The summed E-state index contributed by atoms with van der Waals surface area (Å²) in [7, 11) is 0. The summed E-state index contributed by atoms with van der Waals surface area (Å²) in [5.41, 5.74) is 2.74. The van der Waals surface area contributed by atoms with E-state index >= 15 is 0 Å². The van der Waals surface area contributed by atoms with E-state index in [-0.39, 0.29) is 11.3 Å². The summed E-state index contributed by atoms with van der Waals surface area (Å²) in [5.74, 6) is -1.23. The summed E-state index contributed by atoms with van der Waals surface area (Å²) < 4.78 is 6.81. The Bertz CT molecular complexity index is 1120. The molecule has 0 radical (unpaired) electrons. The van der Waals surface area contributed by atoms with Gasteiger partial charge >= 0.3 is 5.97 Å². The number of nitriles is 1. The van der Waals surface area contributed by atoms with Gasteiger partial charge < -0.3 is 10.1 Å². The Morgan fingerprint density at radius 1 is 1.21 bits per heavy atom. The Kier molecular flexibility index (Phi) is 5.96. The number of nitrogens with one attached hydrogen (secondary N) is 1. The van der Waals surface area contributed by atoms with Gasteiger partial charge in [-0.05, 0) is 44.2 Å². The van der Waals surface area contributed by atoms with Crippen molar-refractivity contribution in [3.63, 3.8) is 0 Å². The number of carbonyl (C=O) groups excluding carboxylic acids is 2. The molecule has 0 atom stereocenters. The summed E-state index contributed by atoms with van der Waals surface area (Å²) in [4.78, 5) is 24.7. The van der Waals surface area contributed by atoms with Crippen molar-refractivity contribution in [2.45, 2.75) is 13.8 Å². The summed E-state index contributed by atoms with van der Waals surface area (Å²) in [6, 6.07) is 15.8. The molecule has 0 spiro atoms. The lowest BCUT2D eigenvalue weighted by molar-refractivity contribution is -0.119. The van der Waals surface area contributed by atoms with Gasteiger partial charge in [0.05, 0.1) is 28.3 Å². The highest BCUT2D eigenvalue weighted by atomic mass is 35.5. The zero-order valence-corrected chi connectivity index (χ0v) is 16.5. The Morgan fingerprint density at radius 2 is 1.93 bits per heavy atom. The van der Waals surface area contributed by atoms with E-state index in [0.29, 0.717) is 22.0 Å². The normalized spacial score (nSPS) is 10.3. The second kappa shape index (κ2) is 8.59. The third-order valence-electron chi connectivity index (χ3n) is 4.21. The molecule has 0 aliphatic carbocycles. The molecule has 0 bridgehead atoms. The maximum atomic E-state index is 12.5. The lowest BCUT2D eigenvalue weighted by Gasteiger charge is -2.09. The van der Waals surface area contributed by atoms with Crippen LogP contribution in [0, 0.1) is 25.2 Å². The molecule has 1 amide bonds. The average Bonchev–Trinajstić information content (AvgIpc) is 3.01. The molecule has 3 aromatic rings. The van der Waals surface area contributed by atoms with Crippen molar-refractivity contribution in [3.8, 4) is 11.8 Å². The lowest BCUT2D eigenvalue weighted by atomic mass is 10.2. The van der Waals surface area contributed by atoms with E-state index in [1.165, 1.54) is 12.1 Å². The largest absolute Gasteiger partial charge is 0.452 e. The quantitative estimate of drug-likeness (QED) is 0.647. The second-order valence-corrected chi connectivity index (χ2v) is 6.66. The number of amides is 1. The molecule has 2 aromatic carbocycles. The topological polar surface area (TPSA) is 97.0 Å². The van der Waals surface area contributed by atoms with Crippen LogP contribution in [-0.4, -0.2) is 28.3 Å². The highest BCUT2D eigenvalue weighted by Gasteiger charge is 2.21. The van der Waals surface area contributed by atoms with Gasteiger partial charge in [0.2, 0.25) is 0 Å². The monoisotopic (exact) mass is 408 g/mol. The van der Waals surface area contributed by atoms with Crippen molar-refractivity contribution in [2.75, 3.05) is 11.9 Å². The molecule has 7 nitrogen and oxygen atoms in total. The number of nitrogens with zero attached hydrogens (tertiary/aromatic N) is 3.